The summed E-state index contributed by atoms with van der Waals surface area (Å²) in [5, 5.41) is 11.0. The minimum Gasteiger partial charge on any atom is -0.497 e. The molecule has 3 heterocycles. The lowest BCUT2D eigenvalue weighted by Gasteiger charge is -2.33. The number of methoxy groups -OCH3 is 2. The number of aromatic nitrogens is 4. The van der Waals surface area contributed by atoms with E-state index < -0.39 is 0 Å². The Labute approximate surface area is 191 Å². The average Bonchev–Trinajstić information content (AvgIpc) is 3.26. The molecule has 33 heavy (non-hydrogen) atoms. The molecule has 1 amide bonds. The fourth-order valence-electron chi connectivity index (χ4n) is 3.81. The zero-order valence-corrected chi connectivity index (χ0v) is 18.7. The SMILES string of the molecule is CC#CC(=O)N[C@H]1CCCN(c2ncnc3n[nH]c(C#Cc4cc(OC)cc(OC)c4)c23)C1. The molecule has 0 unspecified atom stereocenters. The van der Waals surface area contributed by atoms with Crippen LogP contribution in [0.25, 0.3) is 11.0 Å². The minimum atomic E-state index is -0.263. The van der Waals surface area contributed by atoms with Gasteiger partial charge in [-0.2, -0.15) is 5.10 Å². The van der Waals surface area contributed by atoms with E-state index in [4.69, 9.17) is 9.47 Å². The summed E-state index contributed by atoms with van der Waals surface area (Å²) in [6.07, 6.45) is 3.30. The first-order chi connectivity index (χ1) is 16.1. The summed E-state index contributed by atoms with van der Waals surface area (Å²) in [6, 6.07) is 5.45. The number of aromatic amines is 1. The first-order valence-electron chi connectivity index (χ1n) is 10.5. The van der Waals surface area contributed by atoms with E-state index in [2.05, 4.69) is 54.1 Å². The normalized spacial score (nSPS) is 15.1. The molecule has 168 valence electrons. The molecule has 1 fully saturated rings. The standard InChI is InChI=1S/C24H24N6O3/c1-4-6-21(31)27-17-7-5-10-30(14-17)24-22-20(28-29-23(22)25-15-26-24)9-8-16-11-18(32-2)13-19(12-16)33-3/h11-13,15,17H,5,7,10,14H2,1-3H3,(H,27,31)(H,25,26,28,29)/t17-/m0/s1. The number of nitrogens with zero attached hydrogens (tertiary/aromatic N) is 4. The Hall–Kier alpha value is -4.24. The molecule has 1 aromatic carbocycles. The van der Waals surface area contributed by atoms with Crippen LogP contribution in [0, 0.1) is 23.7 Å². The van der Waals surface area contributed by atoms with Crippen molar-refractivity contribution in [3.8, 4) is 35.2 Å². The number of rotatable bonds is 4. The van der Waals surface area contributed by atoms with Crippen LogP contribution < -0.4 is 19.7 Å². The number of carbonyl (C=O) groups excluding carboxylic acids is 1. The van der Waals surface area contributed by atoms with Gasteiger partial charge in [0.15, 0.2) is 5.65 Å². The van der Waals surface area contributed by atoms with Gasteiger partial charge in [-0.25, -0.2) is 9.97 Å². The van der Waals surface area contributed by atoms with Gasteiger partial charge < -0.3 is 19.7 Å². The van der Waals surface area contributed by atoms with Gasteiger partial charge in [-0.05, 0) is 43.7 Å². The average molecular weight is 444 g/mol. The van der Waals surface area contributed by atoms with E-state index in [1.54, 1.807) is 27.2 Å². The van der Waals surface area contributed by atoms with Crippen molar-refractivity contribution < 1.29 is 14.3 Å². The van der Waals surface area contributed by atoms with Gasteiger partial charge >= 0.3 is 0 Å². The predicted molar refractivity (Wildman–Crippen MR) is 124 cm³/mol. The van der Waals surface area contributed by atoms with Gasteiger partial charge in [-0.15, -0.1) is 0 Å². The Morgan fingerprint density at radius 3 is 2.70 bits per heavy atom. The van der Waals surface area contributed by atoms with Crippen LogP contribution in [0.2, 0.25) is 0 Å². The molecule has 1 aliphatic rings. The van der Waals surface area contributed by atoms with E-state index in [0.717, 1.165) is 36.2 Å². The summed E-state index contributed by atoms with van der Waals surface area (Å²) in [5.74, 6) is 13.3. The van der Waals surface area contributed by atoms with Crippen molar-refractivity contribution in [2.24, 2.45) is 0 Å². The molecule has 0 bridgehead atoms. The molecule has 0 aliphatic carbocycles. The third-order valence-corrected chi connectivity index (χ3v) is 5.31. The molecule has 9 heteroatoms. The van der Waals surface area contributed by atoms with Gasteiger partial charge in [-0.1, -0.05) is 11.8 Å². The Morgan fingerprint density at radius 2 is 1.97 bits per heavy atom. The van der Waals surface area contributed by atoms with Crippen molar-refractivity contribution in [2.75, 3.05) is 32.2 Å². The number of H-pyrrole nitrogens is 1. The molecule has 2 N–H and O–H groups in total. The van der Waals surface area contributed by atoms with E-state index >= 15 is 0 Å². The number of fused-ring (bicyclic) bond motifs is 1. The lowest BCUT2D eigenvalue weighted by Crippen LogP contribution is -2.47. The minimum absolute atomic E-state index is 0.0113. The number of hydrogen-bond donors (Lipinski definition) is 2. The number of anilines is 1. The number of benzene rings is 1. The molecule has 4 rings (SSSR count). The van der Waals surface area contributed by atoms with Crippen LogP contribution in [-0.2, 0) is 4.79 Å². The van der Waals surface area contributed by atoms with Crippen LogP contribution in [0.3, 0.4) is 0 Å². The smallest absolute Gasteiger partial charge is 0.296 e. The lowest BCUT2D eigenvalue weighted by molar-refractivity contribution is -0.116. The molecular formula is C24H24N6O3. The maximum atomic E-state index is 11.9. The van der Waals surface area contributed by atoms with Crippen molar-refractivity contribution in [3.63, 3.8) is 0 Å². The second-order valence-electron chi connectivity index (χ2n) is 7.48. The number of ether oxygens (including phenoxy) is 2. The van der Waals surface area contributed by atoms with E-state index in [0.29, 0.717) is 29.4 Å². The van der Waals surface area contributed by atoms with E-state index in [1.807, 2.05) is 12.1 Å². The van der Waals surface area contributed by atoms with Crippen molar-refractivity contribution >= 4 is 22.8 Å². The van der Waals surface area contributed by atoms with Crippen molar-refractivity contribution in [1.82, 2.24) is 25.5 Å². The quantitative estimate of drug-likeness (QED) is 0.592. The summed E-state index contributed by atoms with van der Waals surface area (Å²) in [4.78, 5) is 22.9. The van der Waals surface area contributed by atoms with Crippen LogP contribution in [0.5, 0.6) is 11.5 Å². The fraction of sp³-hybridized carbons (Fsp3) is 0.333. The van der Waals surface area contributed by atoms with E-state index in [-0.39, 0.29) is 11.9 Å². The Bertz CT molecular complexity index is 1270. The molecule has 1 aliphatic heterocycles. The van der Waals surface area contributed by atoms with Gasteiger partial charge in [0.1, 0.15) is 29.3 Å². The summed E-state index contributed by atoms with van der Waals surface area (Å²) in [7, 11) is 3.20. The number of hydrogen-bond acceptors (Lipinski definition) is 7. The van der Waals surface area contributed by atoms with Crippen LogP contribution in [-0.4, -0.2) is 59.4 Å². The zero-order chi connectivity index (χ0) is 23.2. The van der Waals surface area contributed by atoms with Crippen molar-refractivity contribution in [3.05, 3.63) is 35.8 Å². The predicted octanol–water partition coefficient (Wildman–Crippen LogP) is 1.88. The largest absolute Gasteiger partial charge is 0.497 e. The maximum absolute atomic E-state index is 11.9. The van der Waals surface area contributed by atoms with Crippen molar-refractivity contribution in [1.29, 1.82) is 0 Å². The van der Waals surface area contributed by atoms with Gasteiger partial charge in [0.25, 0.3) is 5.91 Å². The highest BCUT2D eigenvalue weighted by atomic mass is 16.5. The zero-order valence-electron chi connectivity index (χ0n) is 18.7. The Kier molecular flexibility index (Phi) is 6.61. The van der Waals surface area contributed by atoms with Crippen LogP contribution >= 0.6 is 0 Å². The first kappa shape index (κ1) is 22.0. The highest BCUT2D eigenvalue weighted by Gasteiger charge is 2.25. The summed E-state index contributed by atoms with van der Waals surface area (Å²) >= 11 is 0. The lowest BCUT2D eigenvalue weighted by atomic mass is 10.1. The molecule has 1 saturated heterocycles. The molecular weight excluding hydrogens is 420 g/mol. The third-order valence-electron chi connectivity index (χ3n) is 5.31. The van der Waals surface area contributed by atoms with Crippen LogP contribution in [0.1, 0.15) is 31.0 Å². The number of amides is 1. The molecule has 0 radical (unpaired) electrons. The molecule has 9 nitrogen and oxygen atoms in total. The molecule has 2 aromatic heterocycles. The number of carbonyl (C=O) groups is 1. The van der Waals surface area contributed by atoms with Crippen molar-refractivity contribution in [2.45, 2.75) is 25.8 Å². The van der Waals surface area contributed by atoms with Gasteiger partial charge in [-0.3, -0.25) is 9.89 Å². The van der Waals surface area contributed by atoms with E-state index in [1.165, 1.54) is 6.33 Å². The summed E-state index contributed by atoms with van der Waals surface area (Å²) < 4.78 is 10.6. The summed E-state index contributed by atoms with van der Waals surface area (Å²) in [5.41, 5.74) is 1.89. The molecule has 1 atom stereocenters. The topological polar surface area (TPSA) is 105 Å². The Balaban J connectivity index is 1.65. The maximum Gasteiger partial charge on any atom is 0.296 e. The third kappa shape index (κ3) is 4.99. The van der Waals surface area contributed by atoms with Gasteiger partial charge in [0, 0.05) is 30.8 Å². The van der Waals surface area contributed by atoms with Crippen LogP contribution in [0.15, 0.2) is 24.5 Å². The molecule has 0 spiro atoms. The fourth-order valence-corrected chi connectivity index (χ4v) is 3.81. The summed E-state index contributed by atoms with van der Waals surface area (Å²) in [6.45, 7) is 3.07. The second-order valence-corrected chi connectivity index (χ2v) is 7.48. The highest BCUT2D eigenvalue weighted by Crippen LogP contribution is 2.27. The van der Waals surface area contributed by atoms with E-state index in [9.17, 15) is 4.79 Å². The van der Waals surface area contributed by atoms with Crippen LogP contribution in [0.4, 0.5) is 5.82 Å². The Morgan fingerprint density at radius 1 is 1.18 bits per heavy atom. The molecule has 0 saturated carbocycles. The number of piperidine rings is 1. The second kappa shape index (κ2) is 9.92. The molecule has 3 aromatic rings. The number of nitrogens with one attached hydrogen (secondary N) is 2. The van der Waals surface area contributed by atoms with Gasteiger partial charge in [0.2, 0.25) is 0 Å². The monoisotopic (exact) mass is 444 g/mol. The first-order valence-corrected chi connectivity index (χ1v) is 10.5. The highest BCUT2D eigenvalue weighted by molar-refractivity contribution is 5.94. The van der Waals surface area contributed by atoms with Gasteiger partial charge in [0.05, 0.1) is 19.6 Å².